The van der Waals surface area contributed by atoms with E-state index < -0.39 is 12.1 Å². The van der Waals surface area contributed by atoms with Gasteiger partial charge in [-0.1, -0.05) is 19.9 Å². The van der Waals surface area contributed by atoms with E-state index in [1.807, 2.05) is 0 Å². The summed E-state index contributed by atoms with van der Waals surface area (Å²) in [7, 11) is 0. The Labute approximate surface area is 131 Å². The van der Waals surface area contributed by atoms with Crippen LogP contribution in [0.3, 0.4) is 0 Å². The Hall–Kier alpha value is -1.36. The van der Waals surface area contributed by atoms with Crippen molar-refractivity contribution < 1.29 is 24.2 Å². The van der Waals surface area contributed by atoms with Gasteiger partial charge in [0.25, 0.3) is 0 Å². The van der Waals surface area contributed by atoms with Crippen molar-refractivity contribution in [2.24, 2.45) is 5.41 Å². The summed E-state index contributed by atoms with van der Waals surface area (Å²) >= 11 is 0. The summed E-state index contributed by atoms with van der Waals surface area (Å²) in [6.07, 6.45) is 4.83. The smallest absolute Gasteiger partial charge is 0.331 e. The van der Waals surface area contributed by atoms with Crippen LogP contribution in [0, 0.1) is 5.41 Å². The Morgan fingerprint density at radius 3 is 2.59 bits per heavy atom. The van der Waals surface area contributed by atoms with Crippen molar-refractivity contribution >= 4 is 11.9 Å². The molecular weight excluding hydrogens is 284 g/mol. The van der Waals surface area contributed by atoms with E-state index >= 15 is 0 Å². The first-order valence-corrected chi connectivity index (χ1v) is 7.89. The van der Waals surface area contributed by atoms with E-state index in [0.29, 0.717) is 18.4 Å². The molecule has 0 saturated carbocycles. The van der Waals surface area contributed by atoms with Gasteiger partial charge in [-0.15, -0.1) is 0 Å². The second-order valence-electron chi connectivity index (χ2n) is 7.50. The molecule has 0 aromatic heterocycles. The van der Waals surface area contributed by atoms with Crippen molar-refractivity contribution in [1.82, 2.24) is 0 Å². The lowest BCUT2D eigenvalue weighted by atomic mass is 9.79. The topological polar surface area (TPSA) is 76.1 Å². The van der Waals surface area contributed by atoms with Gasteiger partial charge in [-0.2, -0.15) is 0 Å². The van der Waals surface area contributed by atoms with Gasteiger partial charge >= 0.3 is 11.9 Å². The van der Waals surface area contributed by atoms with E-state index in [0.717, 1.165) is 12.8 Å². The molecule has 1 heterocycles. The Kier molecular flexibility index (Phi) is 4.66. The van der Waals surface area contributed by atoms with Crippen LogP contribution in [-0.4, -0.2) is 34.9 Å². The number of fused-ring (bicyclic) bond motifs is 1. The van der Waals surface area contributed by atoms with Crippen LogP contribution in [0.1, 0.15) is 59.8 Å². The summed E-state index contributed by atoms with van der Waals surface area (Å²) in [6.45, 7) is 7.69. The van der Waals surface area contributed by atoms with Gasteiger partial charge in [-0.3, -0.25) is 4.79 Å². The number of carbonyl (C=O) groups excluding carboxylic acids is 1. The number of ether oxygens (including phenoxy) is 2. The number of carbonyl (C=O) groups is 2. The molecule has 0 amide bonds. The molecule has 0 aromatic carbocycles. The molecule has 5 heteroatoms. The molecule has 0 aromatic rings. The predicted molar refractivity (Wildman–Crippen MR) is 81.4 cm³/mol. The fourth-order valence-electron chi connectivity index (χ4n) is 3.40. The van der Waals surface area contributed by atoms with Gasteiger partial charge in [0.15, 0.2) is 0 Å². The maximum Gasteiger partial charge on any atom is 0.331 e. The van der Waals surface area contributed by atoms with Gasteiger partial charge < -0.3 is 14.6 Å². The zero-order chi connectivity index (χ0) is 16.5. The number of carboxylic acid groups (broad SMARTS) is 1. The van der Waals surface area contributed by atoms with Crippen molar-refractivity contribution in [2.45, 2.75) is 77.6 Å². The molecule has 124 valence electrons. The van der Waals surface area contributed by atoms with E-state index in [2.05, 4.69) is 20.8 Å². The molecule has 2 aliphatic rings. The number of carboxylic acids is 1. The third kappa shape index (κ3) is 4.32. The maximum atomic E-state index is 11.4. The van der Waals surface area contributed by atoms with Crippen molar-refractivity contribution in [1.29, 1.82) is 0 Å². The molecule has 0 bridgehead atoms. The number of hydrogen-bond acceptors (Lipinski definition) is 4. The van der Waals surface area contributed by atoms with Crippen LogP contribution in [0.25, 0.3) is 0 Å². The van der Waals surface area contributed by atoms with Gasteiger partial charge in [0.05, 0.1) is 11.7 Å². The minimum Gasteiger partial charge on any atom is -0.478 e. The van der Waals surface area contributed by atoms with E-state index in [4.69, 9.17) is 9.47 Å². The SMILES string of the molecule is CC(=O)O[C@@H]1C/C(C(=O)O)=C/CC[C@@]2(C)O[C@@H]2CC(C)(C)C1. The lowest BCUT2D eigenvalue weighted by molar-refractivity contribution is -0.148. The molecule has 2 rings (SSSR count). The van der Waals surface area contributed by atoms with Crippen molar-refractivity contribution in [3.8, 4) is 0 Å². The van der Waals surface area contributed by atoms with Crippen LogP contribution < -0.4 is 0 Å². The summed E-state index contributed by atoms with van der Waals surface area (Å²) in [4.78, 5) is 22.8. The molecule has 1 saturated heterocycles. The van der Waals surface area contributed by atoms with E-state index in [9.17, 15) is 14.7 Å². The van der Waals surface area contributed by atoms with Gasteiger partial charge in [0.1, 0.15) is 6.10 Å². The van der Waals surface area contributed by atoms with Crippen LogP contribution in [0.2, 0.25) is 0 Å². The number of rotatable bonds is 2. The second kappa shape index (κ2) is 6.03. The minimum atomic E-state index is -0.937. The van der Waals surface area contributed by atoms with Crippen LogP contribution in [0.5, 0.6) is 0 Å². The zero-order valence-corrected chi connectivity index (χ0v) is 13.8. The highest BCUT2D eigenvalue weighted by Crippen LogP contribution is 2.48. The first-order valence-electron chi connectivity index (χ1n) is 7.89. The van der Waals surface area contributed by atoms with Crippen LogP contribution in [0.4, 0.5) is 0 Å². The van der Waals surface area contributed by atoms with Crippen molar-refractivity contribution in [2.75, 3.05) is 0 Å². The molecule has 0 spiro atoms. The van der Waals surface area contributed by atoms with Crippen molar-refractivity contribution in [3.63, 3.8) is 0 Å². The first kappa shape index (κ1) is 17.0. The predicted octanol–water partition coefficient (Wildman–Crippen LogP) is 3.08. The highest BCUT2D eigenvalue weighted by atomic mass is 16.6. The van der Waals surface area contributed by atoms with Gasteiger partial charge in [-0.25, -0.2) is 4.79 Å². The molecule has 22 heavy (non-hydrogen) atoms. The summed E-state index contributed by atoms with van der Waals surface area (Å²) < 4.78 is 11.2. The van der Waals surface area contributed by atoms with E-state index in [1.54, 1.807) is 6.08 Å². The molecule has 3 atom stereocenters. The molecule has 1 N–H and O–H groups in total. The quantitative estimate of drug-likeness (QED) is 0.626. The van der Waals surface area contributed by atoms with E-state index in [-0.39, 0.29) is 29.5 Å². The summed E-state index contributed by atoms with van der Waals surface area (Å²) in [5.41, 5.74) is 0.111. The van der Waals surface area contributed by atoms with Gasteiger partial charge in [0, 0.05) is 18.9 Å². The lowest BCUT2D eigenvalue weighted by Crippen LogP contribution is -2.28. The Balaban J connectivity index is 2.22. The average molecular weight is 310 g/mol. The summed E-state index contributed by atoms with van der Waals surface area (Å²) in [5, 5.41) is 9.37. The summed E-state index contributed by atoms with van der Waals surface area (Å²) in [5.74, 6) is -1.31. The molecule has 0 unspecified atom stereocenters. The third-order valence-corrected chi connectivity index (χ3v) is 4.64. The molecular formula is C17H26O5. The zero-order valence-electron chi connectivity index (χ0n) is 13.8. The highest BCUT2D eigenvalue weighted by molar-refractivity contribution is 5.86. The number of epoxide rings is 1. The molecule has 0 radical (unpaired) electrons. The maximum absolute atomic E-state index is 11.4. The lowest BCUT2D eigenvalue weighted by Gasteiger charge is -2.29. The number of allylic oxidation sites excluding steroid dienone is 1. The van der Waals surface area contributed by atoms with Gasteiger partial charge in [0.2, 0.25) is 0 Å². The Bertz CT molecular complexity index is 493. The normalized spacial score (nSPS) is 37.0. The van der Waals surface area contributed by atoms with Crippen LogP contribution in [-0.2, 0) is 19.1 Å². The fraction of sp³-hybridized carbons (Fsp3) is 0.765. The first-order chi connectivity index (χ1) is 10.1. The van der Waals surface area contributed by atoms with Crippen molar-refractivity contribution in [3.05, 3.63) is 11.6 Å². The number of esters is 1. The largest absolute Gasteiger partial charge is 0.478 e. The Morgan fingerprint density at radius 2 is 2.00 bits per heavy atom. The second-order valence-corrected chi connectivity index (χ2v) is 7.50. The molecule has 1 fully saturated rings. The standard InChI is InChI=1S/C17H26O5/c1-11(18)21-13-8-12(15(19)20)6-5-7-17(4)14(22-17)10-16(2,3)9-13/h6,13-14H,5,7-10H2,1-4H3,(H,19,20)/b12-6-/t13-,14-,17-/m1/s1. The highest BCUT2D eigenvalue weighted by Gasteiger charge is 2.53. The van der Waals surface area contributed by atoms with Crippen LogP contribution >= 0.6 is 0 Å². The number of aliphatic carboxylic acids is 1. The van der Waals surface area contributed by atoms with Crippen LogP contribution in [0.15, 0.2) is 11.6 Å². The third-order valence-electron chi connectivity index (χ3n) is 4.64. The average Bonchev–Trinajstić information content (AvgIpc) is 2.94. The number of hydrogen-bond donors (Lipinski definition) is 1. The fourth-order valence-corrected chi connectivity index (χ4v) is 3.40. The summed E-state index contributed by atoms with van der Waals surface area (Å²) in [6, 6.07) is 0. The minimum absolute atomic E-state index is 0.0729. The Morgan fingerprint density at radius 1 is 1.32 bits per heavy atom. The molecule has 1 aliphatic carbocycles. The molecule has 1 aliphatic heterocycles. The molecule has 5 nitrogen and oxygen atoms in total. The van der Waals surface area contributed by atoms with E-state index in [1.165, 1.54) is 6.92 Å². The monoisotopic (exact) mass is 310 g/mol. The van der Waals surface area contributed by atoms with Gasteiger partial charge in [-0.05, 0) is 38.0 Å².